The highest BCUT2D eigenvalue weighted by Crippen LogP contribution is 2.36. The second-order valence-electron chi connectivity index (χ2n) is 9.38. The molecule has 1 aliphatic heterocycles. The van der Waals surface area contributed by atoms with Crippen molar-refractivity contribution in [2.45, 2.75) is 46.1 Å². The van der Waals surface area contributed by atoms with Crippen molar-refractivity contribution in [2.24, 2.45) is 11.8 Å². The Hall–Kier alpha value is -3.47. The molecule has 1 amide bonds. The summed E-state index contributed by atoms with van der Waals surface area (Å²) in [5.41, 5.74) is -2.09. The first-order valence-corrected chi connectivity index (χ1v) is 11.6. The first-order valence-electron chi connectivity index (χ1n) is 11.6. The molecule has 0 bridgehead atoms. The van der Waals surface area contributed by atoms with E-state index in [1.165, 1.54) is 26.0 Å². The van der Waals surface area contributed by atoms with E-state index in [1.807, 2.05) is 13.8 Å². The third-order valence-electron chi connectivity index (χ3n) is 6.40. The molecule has 4 rings (SSSR count). The minimum absolute atomic E-state index is 0.0511. The SMILES string of the molecule is Cc1nc2cc(C(F)(F)F)c([C@H](C)Oc3ccc(C(=O)N4C[C@@H](C)C(O)[C@@H](C)C4)cc3)nc2c(=O)[nH]1. The van der Waals surface area contributed by atoms with Gasteiger partial charge in [0.1, 0.15) is 17.7 Å². The molecule has 0 saturated carbocycles. The van der Waals surface area contributed by atoms with Crippen molar-refractivity contribution in [3.8, 4) is 5.75 Å². The number of H-pyrrole nitrogens is 1. The molecule has 0 radical (unpaired) electrons. The number of hydrogen-bond acceptors (Lipinski definition) is 6. The lowest BCUT2D eigenvalue weighted by Crippen LogP contribution is -2.49. The zero-order chi connectivity index (χ0) is 26.4. The van der Waals surface area contributed by atoms with Crippen molar-refractivity contribution in [1.82, 2.24) is 19.9 Å². The van der Waals surface area contributed by atoms with Crippen molar-refractivity contribution in [1.29, 1.82) is 0 Å². The number of pyridine rings is 1. The number of aliphatic hydroxyl groups is 1. The molecular weight excluding hydrogens is 477 g/mol. The molecule has 11 heteroatoms. The molecule has 0 spiro atoms. The zero-order valence-electron chi connectivity index (χ0n) is 20.3. The Morgan fingerprint density at radius 2 is 1.78 bits per heavy atom. The van der Waals surface area contributed by atoms with Gasteiger partial charge < -0.3 is 19.7 Å². The normalized spacial score (nSPS) is 21.4. The molecular formula is C25H27F3N4O4. The average molecular weight is 505 g/mol. The number of carbonyl (C=O) groups excluding carboxylic acids is 1. The predicted octanol–water partition coefficient (Wildman–Crippen LogP) is 3.87. The van der Waals surface area contributed by atoms with Gasteiger partial charge in [-0.2, -0.15) is 13.2 Å². The van der Waals surface area contributed by atoms with Crippen LogP contribution >= 0.6 is 0 Å². The maximum absolute atomic E-state index is 13.8. The lowest BCUT2D eigenvalue weighted by molar-refractivity contribution is -0.139. The molecule has 1 saturated heterocycles. The zero-order valence-corrected chi connectivity index (χ0v) is 20.3. The van der Waals surface area contributed by atoms with Crippen molar-refractivity contribution in [2.75, 3.05) is 13.1 Å². The van der Waals surface area contributed by atoms with Crippen molar-refractivity contribution in [3.05, 3.63) is 63.3 Å². The minimum Gasteiger partial charge on any atom is -0.484 e. The van der Waals surface area contributed by atoms with E-state index < -0.39 is 35.2 Å². The molecule has 4 atom stereocenters. The van der Waals surface area contributed by atoms with Crippen LogP contribution in [0.5, 0.6) is 5.75 Å². The Bertz CT molecular complexity index is 1330. The van der Waals surface area contributed by atoms with E-state index in [-0.39, 0.29) is 40.4 Å². The Kier molecular flexibility index (Phi) is 6.78. The second kappa shape index (κ2) is 9.53. The summed E-state index contributed by atoms with van der Waals surface area (Å²) in [4.78, 5) is 37.2. The number of nitrogens with zero attached hydrogens (tertiary/aromatic N) is 3. The summed E-state index contributed by atoms with van der Waals surface area (Å²) in [5.74, 6) is 0.118. The molecule has 0 aliphatic carbocycles. The van der Waals surface area contributed by atoms with E-state index in [2.05, 4.69) is 15.0 Å². The van der Waals surface area contributed by atoms with Crippen LogP contribution < -0.4 is 10.3 Å². The standard InChI is InChI=1S/C25H27F3N4O4/c1-12-10-32(11-13(2)22(12)33)24(35)16-5-7-17(8-6-16)36-14(3)20-18(25(26,27)28)9-19-21(31-20)23(34)30-15(4)29-19/h5-9,12-14,22,33H,10-11H2,1-4H3,(H,29,30,34)/t12-,13+,14-,22?/m0/s1. The van der Waals surface area contributed by atoms with Crippen LogP contribution in [0.1, 0.15) is 54.3 Å². The number of fused-ring (bicyclic) bond motifs is 1. The number of ether oxygens (including phenoxy) is 1. The smallest absolute Gasteiger partial charge is 0.418 e. The van der Waals surface area contributed by atoms with Crippen LogP contribution in [0.2, 0.25) is 0 Å². The first-order chi connectivity index (χ1) is 16.8. The molecule has 1 aliphatic rings. The van der Waals surface area contributed by atoms with Gasteiger partial charge in [0.15, 0.2) is 5.52 Å². The number of halogens is 3. The number of piperidine rings is 1. The lowest BCUT2D eigenvalue weighted by atomic mass is 9.88. The molecule has 1 unspecified atom stereocenters. The predicted molar refractivity (Wildman–Crippen MR) is 126 cm³/mol. The van der Waals surface area contributed by atoms with E-state index in [1.54, 1.807) is 17.0 Å². The van der Waals surface area contributed by atoms with Gasteiger partial charge in [-0.25, -0.2) is 9.97 Å². The van der Waals surface area contributed by atoms with E-state index >= 15 is 0 Å². The van der Waals surface area contributed by atoms with Gasteiger partial charge in [-0.3, -0.25) is 9.59 Å². The third kappa shape index (κ3) is 5.06. The van der Waals surface area contributed by atoms with Crippen LogP contribution in [0.3, 0.4) is 0 Å². The van der Waals surface area contributed by atoms with Crippen molar-refractivity contribution in [3.63, 3.8) is 0 Å². The Morgan fingerprint density at radius 1 is 1.17 bits per heavy atom. The maximum Gasteiger partial charge on any atom is 0.418 e. The van der Waals surface area contributed by atoms with Crippen LogP contribution in [-0.2, 0) is 6.18 Å². The number of nitrogens with one attached hydrogen (secondary N) is 1. The largest absolute Gasteiger partial charge is 0.484 e. The molecule has 1 aromatic carbocycles. The Labute approximate surface area is 205 Å². The number of aromatic amines is 1. The first kappa shape index (κ1) is 25.6. The van der Waals surface area contributed by atoms with Gasteiger partial charge in [-0.15, -0.1) is 0 Å². The highest BCUT2D eigenvalue weighted by molar-refractivity contribution is 5.94. The van der Waals surface area contributed by atoms with Crippen molar-refractivity contribution >= 4 is 16.9 Å². The number of alkyl halides is 3. The van der Waals surface area contributed by atoms with Crippen LogP contribution in [-0.4, -0.2) is 50.1 Å². The van der Waals surface area contributed by atoms with Crippen LogP contribution in [0, 0.1) is 18.8 Å². The van der Waals surface area contributed by atoms with Gasteiger partial charge in [-0.1, -0.05) is 13.8 Å². The molecule has 2 aromatic heterocycles. The molecule has 2 N–H and O–H groups in total. The molecule has 3 heterocycles. The molecule has 1 fully saturated rings. The summed E-state index contributed by atoms with van der Waals surface area (Å²) < 4.78 is 47.1. The van der Waals surface area contributed by atoms with Gasteiger partial charge >= 0.3 is 6.18 Å². The maximum atomic E-state index is 13.8. The van der Waals surface area contributed by atoms with Crippen LogP contribution in [0.15, 0.2) is 35.1 Å². The van der Waals surface area contributed by atoms with Crippen molar-refractivity contribution < 1.29 is 27.8 Å². The van der Waals surface area contributed by atoms with E-state index in [4.69, 9.17) is 4.74 Å². The quantitative estimate of drug-likeness (QED) is 0.559. The third-order valence-corrected chi connectivity index (χ3v) is 6.40. The fraction of sp³-hybridized carbons (Fsp3) is 0.440. The summed E-state index contributed by atoms with van der Waals surface area (Å²) in [5, 5.41) is 10.1. The van der Waals surface area contributed by atoms with Crippen LogP contribution in [0.25, 0.3) is 11.0 Å². The molecule has 192 valence electrons. The Morgan fingerprint density at radius 3 is 2.36 bits per heavy atom. The summed E-state index contributed by atoms with van der Waals surface area (Å²) >= 11 is 0. The van der Waals surface area contributed by atoms with Crippen LogP contribution in [0.4, 0.5) is 13.2 Å². The van der Waals surface area contributed by atoms with E-state index in [0.717, 1.165) is 6.07 Å². The highest BCUT2D eigenvalue weighted by Gasteiger charge is 2.37. The number of benzene rings is 1. The lowest BCUT2D eigenvalue weighted by Gasteiger charge is -2.38. The average Bonchev–Trinajstić information content (AvgIpc) is 2.80. The number of amides is 1. The molecule has 8 nitrogen and oxygen atoms in total. The fourth-order valence-corrected chi connectivity index (χ4v) is 4.57. The Balaban J connectivity index is 1.57. The molecule has 3 aromatic rings. The van der Waals surface area contributed by atoms with Gasteiger partial charge in [0.25, 0.3) is 11.5 Å². The second-order valence-corrected chi connectivity index (χ2v) is 9.38. The summed E-state index contributed by atoms with van der Waals surface area (Å²) in [6, 6.07) is 6.89. The van der Waals surface area contributed by atoms with E-state index in [0.29, 0.717) is 18.7 Å². The highest BCUT2D eigenvalue weighted by atomic mass is 19.4. The number of aryl methyl sites for hydroxylation is 1. The monoisotopic (exact) mass is 504 g/mol. The number of hydrogen-bond donors (Lipinski definition) is 2. The summed E-state index contributed by atoms with van der Waals surface area (Å²) in [6.45, 7) is 7.51. The van der Waals surface area contributed by atoms with Gasteiger partial charge in [0.2, 0.25) is 0 Å². The van der Waals surface area contributed by atoms with Gasteiger partial charge in [0, 0.05) is 18.7 Å². The number of carbonyl (C=O) groups is 1. The number of aliphatic hydroxyl groups excluding tert-OH is 1. The van der Waals surface area contributed by atoms with Gasteiger partial charge in [0.05, 0.1) is 22.9 Å². The number of rotatable bonds is 4. The minimum atomic E-state index is -4.74. The number of likely N-dealkylation sites (tertiary alicyclic amines) is 1. The number of aromatic nitrogens is 3. The summed E-state index contributed by atoms with van der Waals surface area (Å²) in [6.07, 6.45) is -6.36. The van der Waals surface area contributed by atoms with E-state index in [9.17, 15) is 27.9 Å². The summed E-state index contributed by atoms with van der Waals surface area (Å²) in [7, 11) is 0. The topological polar surface area (TPSA) is 108 Å². The molecule has 36 heavy (non-hydrogen) atoms. The fourth-order valence-electron chi connectivity index (χ4n) is 4.57. The van der Waals surface area contributed by atoms with Gasteiger partial charge in [-0.05, 0) is 56.0 Å².